The fraction of sp³-hybridized carbons (Fsp3) is 0.312. The molecule has 0 aliphatic rings. The van der Waals surface area contributed by atoms with E-state index in [1.54, 1.807) is 31.0 Å². The van der Waals surface area contributed by atoms with Gasteiger partial charge in [0.1, 0.15) is 17.6 Å². The highest BCUT2D eigenvalue weighted by Gasteiger charge is 2.30. The van der Waals surface area contributed by atoms with E-state index in [4.69, 9.17) is 9.52 Å². The molecule has 2 rings (SSSR count). The fourth-order valence-corrected chi connectivity index (χ4v) is 2.04. The van der Waals surface area contributed by atoms with Gasteiger partial charge in [0.15, 0.2) is 0 Å². The van der Waals surface area contributed by atoms with E-state index >= 15 is 0 Å². The third-order valence-corrected chi connectivity index (χ3v) is 3.56. The van der Waals surface area contributed by atoms with Gasteiger partial charge in [0.2, 0.25) is 0 Å². The van der Waals surface area contributed by atoms with Crippen molar-refractivity contribution in [1.29, 1.82) is 0 Å². The van der Waals surface area contributed by atoms with Gasteiger partial charge in [-0.15, -0.1) is 0 Å². The van der Waals surface area contributed by atoms with Gasteiger partial charge in [-0.2, -0.15) is 13.2 Å². The summed E-state index contributed by atoms with van der Waals surface area (Å²) in [5, 5.41) is 8.94. The molecule has 1 N–H and O–H groups in total. The van der Waals surface area contributed by atoms with Gasteiger partial charge in [0, 0.05) is 5.56 Å². The summed E-state index contributed by atoms with van der Waals surface area (Å²) in [7, 11) is 1.63. The Hall–Kier alpha value is -2.28. The van der Waals surface area contributed by atoms with Crippen molar-refractivity contribution in [3.05, 3.63) is 47.7 Å². The molecule has 0 fully saturated rings. The Morgan fingerprint density at radius 2 is 2.00 bits per heavy atom. The van der Waals surface area contributed by atoms with Crippen molar-refractivity contribution in [3.8, 4) is 11.3 Å². The number of alkyl halides is 3. The highest BCUT2D eigenvalue weighted by Crippen LogP contribution is 2.32. The third-order valence-electron chi connectivity index (χ3n) is 3.56. The van der Waals surface area contributed by atoms with Crippen molar-refractivity contribution in [2.75, 3.05) is 7.05 Å². The minimum Gasteiger partial charge on any atom is -0.480 e. The molecule has 0 bridgehead atoms. The highest BCUT2D eigenvalue weighted by atomic mass is 19.4. The maximum Gasteiger partial charge on any atom is 0.416 e. The van der Waals surface area contributed by atoms with Gasteiger partial charge in [0.05, 0.1) is 12.1 Å². The smallest absolute Gasteiger partial charge is 0.416 e. The SMILES string of the molecule is CC(C(=O)O)N(C)Cc1ccc(-c2cccc(C(F)(F)F)c2)o1. The van der Waals surface area contributed by atoms with Crippen molar-refractivity contribution in [2.24, 2.45) is 0 Å². The lowest BCUT2D eigenvalue weighted by Crippen LogP contribution is -2.35. The predicted octanol–water partition coefficient (Wildman–Crippen LogP) is 3.87. The Morgan fingerprint density at radius 3 is 2.61 bits per heavy atom. The van der Waals surface area contributed by atoms with Gasteiger partial charge >= 0.3 is 12.1 Å². The largest absolute Gasteiger partial charge is 0.480 e. The first-order chi connectivity index (χ1) is 10.7. The third kappa shape index (κ3) is 4.13. The Kier molecular flexibility index (Phi) is 4.79. The van der Waals surface area contributed by atoms with E-state index in [0.29, 0.717) is 17.1 Å². The molecule has 0 aliphatic heterocycles. The molecular formula is C16H16F3NO3. The first-order valence-corrected chi connectivity index (χ1v) is 6.88. The minimum absolute atomic E-state index is 0.242. The topological polar surface area (TPSA) is 53.7 Å². The number of hydrogen-bond acceptors (Lipinski definition) is 3. The minimum atomic E-state index is -4.41. The number of hydrogen-bond donors (Lipinski definition) is 1. The molecule has 0 spiro atoms. The summed E-state index contributed by atoms with van der Waals surface area (Å²) in [5.74, 6) is -0.173. The Bertz CT molecular complexity index is 694. The number of furan rings is 1. The first kappa shape index (κ1) is 17.1. The monoisotopic (exact) mass is 327 g/mol. The number of carboxylic acids is 1. The van der Waals surface area contributed by atoms with E-state index in [1.165, 1.54) is 12.1 Å². The summed E-state index contributed by atoms with van der Waals surface area (Å²) >= 11 is 0. The standard InChI is InChI=1S/C16H16F3NO3/c1-10(15(21)22)20(2)9-13-6-7-14(23-13)11-4-3-5-12(8-11)16(17,18)19/h3-8,10H,9H2,1-2H3,(H,21,22). The van der Waals surface area contributed by atoms with Crippen LogP contribution >= 0.6 is 0 Å². The molecular weight excluding hydrogens is 311 g/mol. The van der Waals surface area contributed by atoms with Crippen LogP contribution in [0.15, 0.2) is 40.8 Å². The zero-order valence-electron chi connectivity index (χ0n) is 12.6. The molecule has 0 amide bonds. The molecule has 0 radical (unpaired) electrons. The Labute approximate surface area is 131 Å². The van der Waals surface area contributed by atoms with E-state index in [2.05, 4.69) is 0 Å². The molecule has 23 heavy (non-hydrogen) atoms. The number of benzene rings is 1. The number of nitrogens with zero attached hydrogens (tertiary/aromatic N) is 1. The normalized spacial score (nSPS) is 13.3. The van der Waals surface area contributed by atoms with Crippen molar-refractivity contribution < 1.29 is 27.5 Å². The molecule has 0 saturated heterocycles. The molecule has 1 atom stereocenters. The lowest BCUT2D eigenvalue weighted by atomic mass is 10.1. The maximum absolute atomic E-state index is 12.7. The lowest BCUT2D eigenvalue weighted by Gasteiger charge is -2.19. The van der Waals surface area contributed by atoms with Gasteiger partial charge in [-0.3, -0.25) is 9.69 Å². The molecule has 1 heterocycles. The molecule has 0 saturated carbocycles. The van der Waals surface area contributed by atoms with Crippen molar-refractivity contribution in [2.45, 2.75) is 25.7 Å². The van der Waals surface area contributed by atoms with Gasteiger partial charge < -0.3 is 9.52 Å². The van der Waals surface area contributed by atoms with Crippen molar-refractivity contribution in [3.63, 3.8) is 0 Å². The van der Waals surface area contributed by atoms with Crippen LogP contribution in [0.4, 0.5) is 13.2 Å². The second-order valence-corrected chi connectivity index (χ2v) is 5.27. The van der Waals surface area contributed by atoms with Gasteiger partial charge in [-0.25, -0.2) is 0 Å². The summed E-state index contributed by atoms with van der Waals surface area (Å²) in [4.78, 5) is 12.5. The molecule has 0 aliphatic carbocycles. The Morgan fingerprint density at radius 1 is 1.30 bits per heavy atom. The second kappa shape index (κ2) is 6.45. The molecule has 2 aromatic rings. The van der Waals surface area contributed by atoms with Crippen molar-refractivity contribution >= 4 is 5.97 Å². The van der Waals surface area contributed by atoms with Crippen LogP contribution in [0.25, 0.3) is 11.3 Å². The maximum atomic E-state index is 12.7. The van der Waals surface area contributed by atoms with E-state index < -0.39 is 23.8 Å². The zero-order chi connectivity index (χ0) is 17.2. The molecule has 4 nitrogen and oxygen atoms in total. The van der Waals surface area contributed by atoms with Gasteiger partial charge in [-0.1, -0.05) is 12.1 Å². The van der Waals surface area contributed by atoms with Crippen molar-refractivity contribution in [1.82, 2.24) is 4.90 Å². The molecule has 1 unspecified atom stereocenters. The van der Waals surface area contributed by atoms with Crippen LogP contribution in [0.5, 0.6) is 0 Å². The number of aliphatic carboxylic acids is 1. The molecule has 124 valence electrons. The number of rotatable bonds is 5. The molecule has 7 heteroatoms. The fourth-order valence-electron chi connectivity index (χ4n) is 2.04. The van der Waals surface area contributed by atoms with E-state index in [9.17, 15) is 18.0 Å². The number of halogens is 3. The van der Waals surface area contributed by atoms with Gasteiger partial charge in [-0.05, 0) is 38.2 Å². The van der Waals surface area contributed by atoms with Crippen LogP contribution < -0.4 is 0 Å². The number of carbonyl (C=O) groups is 1. The van der Waals surface area contributed by atoms with E-state index in [0.717, 1.165) is 12.1 Å². The Balaban J connectivity index is 2.18. The van der Waals surface area contributed by atoms with E-state index in [-0.39, 0.29) is 6.54 Å². The summed E-state index contributed by atoms with van der Waals surface area (Å²) < 4.78 is 43.7. The number of likely N-dealkylation sites (N-methyl/N-ethyl adjacent to an activating group) is 1. The van der Waals surface area contributed by atoms with Crippen LogP contribution in [-0.2, 0) is 17.5 Å². The van der Waals surface area contributed by atoms with Crippen LogP contribution in [0.1, 0.15) is 18.2 Å². The van der Waals surface area contributed by atoms with Crippen LogP contribution in [0.3, 0.4) is 0 Å². The van der Waals surface area contributed by atoms with Crippen LogP contribution in [0, 0.1) is 0 Å². The second-order valence-electron chi connectivity index (χ2n) is 5.27. The summed E-state index contributed by atoms with van der Waals surface area (Å²) in [6, 6.07) is 7.37. The van der Waals surface area contributed by atoms with E-state index in [1.807, 2.05) is 0 Å². The molecule has 1 aromatic carbocycles. The molecule has 1 aromatic heterocycles. The average Bonchev–Trinajstić information content (AvgIpc) is 2.94. The summed E-state index contributed by atoms with van der Waals surface area (Å²) in [6.45, 7) is 1.78. The number of carboxylic acid groups (broad SMARTS) is 1. The summed E-state index contributed by atoms with van der Waals surface area (Å²) in [6.07, 6.45) is -4.41. The average molecular weight is 327 g/mol. The quantitative estimate of drug-likeness (QED) is 0.906. The predicted molar refractivity (Wildman–Crippen MR) is 77.7 cm³/mol. The highest BCUT2D eigenvalue weighted by molar-refractivity contribution is 5.72. The first-order valence-electron chi connectivity index (χ1n) is 6.88. The summed E-state index contributed by atoms with van der Waals surface area (Å²) in [5.41, 5.74) is -0.426. The zero-order valence-corrected chi connectivity index (χ0v) is 12.6. The lowest BCUT2D eigenvalue weighted by molar-refractivity contribution is -0.142. The van der Waals surface area contributed by atoms with Gasteiger partial charge in [0.25, 0.3) is 0 Å². The van der Waals surface area contributed by atoms with Crippen LogP contribution in [0.2, 0.25) is 0 Å². The van der Waals surface area contributed by atoms with Crippen LogP contribution in [-0.4, -0.2) is 29.1 Å².